The number of nitrogens with zero attached hydrogens (tertiary/aromatic N) is 2. The monoisotopic (exact) mass is 433 g/mol. The zero-order valence-corrected chi connectivity index (χ0v) is 17.3. The number of anilines is 4. The Hall–Kier alpha value is -2.75. The van der Waals surface area contributed by atoms with E-state index in [1.807, 2.05) is 31.2 Å². The van der Waals surface area contributed by atoms with E-state index in [0.717, 1.165) is 16.3 Å². The fraction of sp³-hybridized carbons (Fsp3) is 0.111. The fourth-order valence-corrected chi connectivity index (χ4v) is 3.59. The van der Waals surface area contributed by atoms with E-state index in [2.05, 4.69) is 26.1 Å². The molecular formula is C18H16ClN5O2S2. The maximum atomic E-state index is 11.9. The summed E-state index contributed by atoms with van der Waals surface area (Å²) in [4.78, 5) is 12.8. The van der Waals surface area contributed by atoms with Crippen molar-refractivity contribution in [1.29, 1.82) is 0 Å². The summed E-state index contributed by atoms with van der Waals surface area (Å²) in [6, 6.07) is 12.6. The maximum Gasteiger partial charge on any atom is 0.340 e. The molecule has 0 amide bonds. The Labute approximate surface area is 176 Å². The number of methoxy groups -OCH3 is 1. The fourth-order valence-electron chi connectivity index (χ4n) is 2.30. The number of halogens is 1. The van der Waals surface area contributed by atoms with Crippen molar-refractivity contribution in [3.8, 4) is 0 Å². The third-order valence-electron chi connectivity index (χ3n) is 3.53. The van der Waals surface area contributed by atoms with Crippen molar-refractivity contribution in [2.24, 2.45) is 0 Å². The first-order valence-corrected chi connectivity index (χ1v) is 9.68. The summed E-state index contributed by atoms with van der Waals surface area (Å²) in [5.74, 6) is 0.182. The highest BCUT2D eigenvalue weighted by Crippen LogP contribution is 2.28. The molecule has 0 unspecified atom stereocenters. The van der Waals surface area contributed by atoms with E-state index in [1.54, 1.807) is 18.2 Å². The van der Waals surface area contributed by atoms with Gasteiger partial charge in [-0.15, -0.1) is 21.5 Å². The van der Waals surface area contributed by atoms with Gasteiger partial charge in [-0.05, 0) is 61.6 Å². The number of aryl methyl sites for hydroxylation is 1. The molecule has 144 valence electrons. The number of benzene rings is 1. The molecule has 0 radical (unpaired) electrons. The highest BCUT2D eigenvalue weighted by atomic mass is 35.5. The molecular weight excluding hydrogens is 418 g/mol. The number of esters is 1. The molecule has 10 heteroatoms. The van der Waals surface area contributed by atoms with E-state index in [0.29, 0.717) is 26.6 Å². The Morgan fingerprint density at radius 2 is 1.82 bits per heavy atom. The molecule has 0 bridgehead atoms. The van der Waals surface area contributed by atoms with Gasteiger partial charge in [0.1, 0.15) is 5.00 Å². The van der Waals surface area contributed by atoms with Crippen molar-refractivity contribution >= 4 is 68.4 Å². The molecule has 0 spiro atoms. The minimum absolute atomic E-state index is 0.336. The number of thiocarbonyl (C=S) groups is 1. The lowest BCUT2D eigenvalue weighted by Crippen LogP contribution is -2.19. The number of ether oxygens (including phenoxy) is 1. The van der Waals surface area contributed by atoms with Crippen molar-refractivity contribution in [2.45, 2.75) is 6.92 Å². The lowest BCUT2D eigenvalue weighted by molar-refractivity contribution is 0.0602. The summed E-state index contributed by atoms with van der Waals surface area (Å²) < 4.78 is 4.80. The van der Waals surface area contributed by atoms with Gasteiger partial charge in [-0.2, -0.15) is 0 Å². The number of rotatable bonds is 5. The molecule has 0 aliphatic carbocycles. The molecule has 7 nitrogen and oxygen atoms in total. The van der Waals surface area contributed by atoms with Gasteiger partial charge < -0.3 is 20.7 Å². The topological polar surface area (TPSA) is 88.2 Å². The zero-order valence-electron chi connectivity index (χ0n) is 14.9. The summed E-state index contributed by atoms with van der Waals surface area (Å²) in [7, 11) is 1.35. The van der Waals surface area contributed by atoms with Crippen LogP contribution in [0.1, 0.15) is 15.2 Å². The smallest absolute Gasteiger partial charge is 0.340 e. The van der Waals surface area contributed by atoms with Crippen LogP contribution in [0.25, 0.3) is 0 Å². The van der Waals surface area contributed by atoms with Crippen LogP contribution in [0.2, 0.25) is 5.15 Å². The van der Waals surface area contributed by atoms with E-state index in [-0.39, 0.29) is 0 Å². The third-order valence-corrected chi connectivity index (χ3v) is 4.91. The van der Waals surface area contributed by atoms with Crippen molar-refractivity contribution in [1.82, 2.24) is 10.2 Å². The molecule has 2 heterocycles. The standard InChI is InChI=1S/C18H16ClN5O2S2/c1-10-9-13(17(25)26-2)16(28-10)22-18(27)21-12-5-3-11(4-6-12)20-15-8-7-14(19)23-24-15/h3-9H,1-2H3,(H,20,24)(H2,21,22,27). The average Bonchev–Trinajstić information content (AvgIpc) is 3.04. The Bertz CT molecular complexity index is 990. The first-order chi connectivity index (χ1) is 13.4. The number of nitrogens with one attached hydrogen (secondary N) is 3. The summed E-state index contributed by atoms with van der Waals surface area (Å²) in [5, 5.41) is 18.3. The first kappa shape index (κ1) is 20.0. The molecule has 0 atom stereocenters. The van der Waals surface area contributed by atoms with Gasteiger partial charge >= 0.3 is 5.97 Å². The molecule has 3 rings (SSSR count). The van der Waals surface area contributed by atoms with Gasteiger partial charge in [-0.1, -0.05) is 11.6 Å². The van der Waals surface area contributed by atoms with Crippen molar-refractivity contribution in [2.75, 3.05) is 23.1 Å². The molecule has 0 saturated carbocycles. The van der Waals surface area contributed by atoms with Crippen molar-refractivity contribution in [3.05, 3.63) is 58.1 Å². The molecule has 0 fully saturated rings. The Balaban J connectivity index is 1.62. The van der Waals surface area contributed by atoms with Crippen LogP contribution in [0, 0.1) is 6.92 Å². The minimum Gasteiger partial charge on any atom is -0.465 e. The highest BCUT2D eigenvalue weighted by molar-refractivity contribution is 7.80. The van der Waals surface area contributed by atoms with Gasteiger partial charge in [0.05, 0.1) is 12.7 Å². The van der Waals surface area contributed by atoms with Gasteiger partial charge in [0.15, 0.2) is 16.1 Å². The minimum atomic E-state index is -0.407. The van der Waals surface area contributed by atoms with Crippen LogP contribution in [0.4, 0.5) is 22.2 Å². The number of aromatic nitrogens is 2. The quantitative estimate of drug-likeness (QED) is 0.389. The molecule has 1 aromatic carbocycles. The van der Waals surface area contributed by atoms with Crippen LogP contribution in [0.3, 0.4) is 0 Å². The summed E-state index contributed by atoms with van der Waals surface area (Å²) >= 11 is 12.5. The molecule has 3 N–H and O–H groups in total. The molecule has 3 aromatic rings. The van der Waals surface area contributed by atoms with Gasteiger partial charge in [0, 0.05) is 16.3 Å². The van der Waals surface area contributed by atoms with Crippen LogP contribution in [-0.4, -0.2) is 28.4 Å². The van der Waals surface area contributed by atoms with E-state index >= 15 is 0 Å². The molecule has 0 aliphatic rings. The normalized spacial score (nSPS) is 10.2. The van der Waals surface area contributed by atoms with Crippen LogP contribution in [0.5, 0.6) is 0 Å². The molecule has 0 saturated heterocycles. The largest absolute Gasteiger partial charge is 0.465 e. The van der Waals surface area contributed by atoms with E-state index < -0.39 is 5.97 Å². The van der Waals surface area contributed by atoms with Gasteiger partial charge in [0.2, 0.25) is 0 Å². The molecule has 28 heavy (non-hydrogen) atoms. The SMILES string of the molecule is COC(=O)c1cc(C)sc1NC(=S)Nc1ccc(Nc2ccc(Cl)nn2)cc1. The van der Waals surface area contributed by atoms with E-state index in [9.17, 15) is 4.79 Å². The second-order valence-corrected chi connectivity index (χ2v) is 7.67. The van der Waals surface area contributed by atoms with Crippen molar-refractivity contribution in [3.63, 3.8) is 0 Å². The summed E-state index contributed by atoms with van der Waals surface area (Å²) in [6.07, 6.45) is 0. The maximum absolute atomic E-state index is 11.9. The molecule has 0 aliphatic heterocycles. The van der Waals surface area contributed by atoms with Crippen LogP contribution < -0.4 is 16.0 Å². The zero-order chi connectivity index (χ0) is 20.1. The average molecular weight is 434 g/mol. The number of hydrogen-bond donors (Lipinski definition) is 3. The number of carbonyl (C=O) groups is 1. The number of carbonyl (C=O) groups excluding carboxylic acids is 1. The van der Waals surface area contributed by atoms with Gasteiger partial charge in [0.25, 0.3) is 0 Å². The lowest BCUT2D eigenvalue weighted by atomic mass is 10.3. The third kappa shape index (κ3) is 5.16. The van der Waals surface area contributed by atoms with Gasteiger partial charge in [-0.3, -0.25) is 0 Å². The van der Waals surface area contributed by atoms with Crippen LogP contribution in [0.15, 0.2) is 42.5 Å². The molecule has 2 aromatic heterocycles. The number of hydrogen-bond acceptors (Lipinski definition) is 7. The predicted molar refractivity (Wildman–Crippen MR) is 117 cm³/mol. The Kier molecular flexibility index (Phi) is 6.40. The predicted octanol–water partition coefficient (Wildman–Crippen LogP) is 4.84. The van der Waals surface area contributed by atoms with Crippen LogP contribution >= 0.6 is 35.2 Å². The highest BCUT2D eigenvalue weighted by Gasteiger charge is 2.16. The Morgan fingerprint density at radius 3 is 2.46 bits per heavy atom. The second kappa shape index (κ2) is 8.96. The lowest BCUT2D eigenvalue weighted by Gasteiger charge is -2.11. The van der Waals surface area contributed by atoms with Crippen molar-refractivity contribution < 1.29 is 9.53 Å². The summed E-state index contributed by atoms with van der Waals surface area (Å²) in [6.45, 7) is 1.91. The number of thiophene rings is 1. The van der Waals surface area contributed by atoms with E-state index in [1.165, 1.54) is 18.4 Å². The van der Waals surface area contributed by atoms with E-state index in [4.69, 9.17) is 28.6 Å². The van der Waals surface area contributed by atoms with Crippen LogP contribution in [-0.2, 0) is 4.74 Å². The second-order valence-electron chi connectivity index (χ2n) is 5.61. The first-order valence-electron chi connectivity index (χ1n) is 8.07. The summed E-state index contributed by atoms with van der Waals surface area (Å²) in [5.41, 5.74) is 2.08. The Morgan fingerprint density at radius 1 is 1.11 bits per heavy atom. The van der Waals surface area contributed by atoms with Gasteiger partial charge in [-0.25, -0.2) is 4.79 Å².